The molecule has 0 radical (unpaired) electrons. The van der Waals surface area contributed by atoms with E-state index in [1.165, 1.54) is 24.6 Å². The van der Waals surface area contributed by atoms with E-state index >= 15 is 0 Å². The number of aromatic nitrogens is 4. The lowest BCUT2D eigenvalue weighted by atomic mass is 10.0. The van der Waals surface area contributed by atoms with Crippen LogP contribution < -0.4 is 0 Å². The van der Waals surface area contributed by atoms with Crippen LogP contribution in [-0.2, 0) is 25.8 Å². The van der Waals surface area contributed by atoms with E-state index in [0.29, 0.717) is 12.0 Å². The molecular formula is C28H30N4O2. The van der Waals surface area contributed by atoms with Crippen LogP contribution in [0.2, 0.25) is 0 Å². The van der Waals surface area contributed by atoms with Crippen molar-refractivity contribution in [1.82, 2.24) is 19.7 Å². The maximum Gasteiger partial charge on any atom is 0.355 e. The zero-order valence-corrected chi connectivity index (χ0v) is 19.5. The number of rotatable bonds is 11. The van der Waals surface area contributed by atoms with Crippen molar-refractivity contribution in [2.75, 3.05) is 0 Å². The lowest BCUT2D eigenvalue weighted by Crippen LogP contribution is -2.07. The number of nitrogens with zero attached hydrogens (tertiary/aromatic N) is 4. The highest BCUT2D eigenvalue weighted by molar-refractivity contribution is 5.93. The van der Waals surface area contributed by atoms with Gasteiger partial charge in [-0.2, -0.15) is 5.10 Å². The maximum absolute atomic E-state index is 11.5. The number of hydrogen-bond acceptors (Lipinski definition) is 4. The normalized spacial score (nSPS) is 11.0. The number of carbonyl (C=O) groups is 1. The summed E-state index contributed by atoms with van der Waals surface area (Å²) < 4.78 is 2.06. The van der Waals surface area contributed by atoms with Gasteiger partial charge in [0, 0.05) is 31.1 Å². The highest BCUT2D eigenvalue weighted by atomic mass is 16.4. The number of aromatic carboxylic acids is 1. The van der Waals surface area contributed by atoms with Gasteiger partial charge >= 0.3 is 5.97 Å². The van der Waals surface area contributed by atoms with Gasteiger partial charge in [0.15, 0.2) is 11.5 Å². The van der Waals surface area contributed by atoms with Gasteiger partial charge in [0.2, 0.25) is 0 Å². The molecule has 0 saturated carbocycles. The third-order valence-corrected chi connectivity index (χ3v) is 5.88. The van der Waals surface area contributed by atoms with Gasteiger partial charge in [-0.05, 0) is 35.6 Å². The second-order valence-electron chi connectivity index (χ2n) is 8.44. The summed E-state index contributed by atoms with van der Waals surface area (Å²) in [5.41, 5.74) is 3.92. The molecule has 0 aliphatic carbocycles. The SMILES string of the molecule is CCCCCn1nc(CCc2ccccc2)nc1Cc1ccc(-c2cccnc2C(=O)O)cc1. The Hall–Kier alpha value is -3.80. The predicted octanol–water partition coefficient (Wildman–Crippen LogP) is 5.60. The van der Waals surface area contributed by atoms with Gasteiger partial charge in [0.05, 0.1) is 0 Å². The van der Waals surface area contributed by atoms with Crippen LogP contribution in [0.4, 0.5) is 0 Å². The molecule has 0 aliphatic heterocycles. The minimum absolute atomic E-state index is 0.0639. The first-order valence-electron chi connectivity index (χ1n) is 11.9. The van der Waals surface area contributed by atoms with Gasteiger partial charge in [0.1, 0.15) is 5.82 Å². The second-order valence-corrected chi connectivity index (χ2v) is 8.44. The molecule has 4 rings (SSSR count). The van der Waals surface area contributed by atoms with Crippen molar-refractivity contribution in [2.24, 2.45) is 0 Å². The molecule has 1 N–H and O–H groups in total. The fourth-order valence-corrected chi connectivity index (χ4v) is 4.05. The summed E-state index contributed by atoms with van der Waals surface area (Å²) in [6.45, 7) is 3.07. The summed E-state index contributed by atoms with van der Waals surface area (Å²) in [5, 5.41) is 14.3. The van der Waals surface area contributed by atoms with Crippen LogP contribution in [-0.4, -0.2) is 30.8 Å². The molecule has 2 heterocycles. The lowest BCUT2D eigenvalue weighted by molar-refractivity contribution is 0.0691. The predicted molar refractivity (Wildman–Crippen MR) is 133 cm³/mol. The number of hydrogen-bond donors (Lipinski definition) is 1. The molecule has 0 saturated heterocycles. The van der Waals surface area contributed by atoms with Crippen LogP contribution >= 0.6 is 0 Å². The molecule has 2 aromatic heterocycles. The largest absolute Gasteiger partial charge is 0.476 e. The van der Waals surface area contributed by atoms with E-state index in [9.17, 15) is 9.90 Å². The van der Waals surface area contributed by atoms with E-state index in [4.69, 9.17) is 10.1 Å². The van der Waals surface area contributed by atoms with Crippen LogP contribution in [0.3, 0.4) is 0 Å². The highest BCUT2D eigenvalue weighted by Gasteiger charge is 2.14. The monoisotopic (exact) mass is 454 g/mol. The average molecular weight is 455 g/mol. The molecule has 174 valence electrons. The van der Waals surface area contributed by atoms with Crippen molar-refractivity contribution < 1.29 is 9.90 Å². The van der Waals surface area contributed by atoms with Crippen molar-refractivity contribution in [3.8, 4) is 11.1 Å². The summed E-state index contributed by atoms with van der Waals surface area (Å²) >= 11 is 0. The van der Waals surface area contributed by atoms with Gasteiger partial charge < -0.3 is 5.11 Å². The lowest BCUT2D eigenvalue weighted by Gasteiger charge is -2.08. The fourth-order valence-electron chi connectivity index (χ4n) is 4.05. The molecule has 34 heavy (non-hydrogen) atoms. The third-order valence-electron chi connectivity index (χ3n) is 5.88. The molecule has 0 unspecified atom stereocenters. The Balaban J connectivity index is 1.51. The zero-order valence-electron chi connectivity index (χ0n) is 19.5. The number of benzene rings is 2. The standard InChI is InChI=1S/C28H30N4O2/c1-2-3-7-19-32-26(30-25(31-32)17-14-21-9-5-4-6-10-21)20-22-12-15-23(16-13-22)24-11-8-18-29-27(24)28(33)34/h4-6,8-13,15-16,18H,2-3,7,14,17,19-20H2,1H3,(H,33,34). The van der Waals surface area contributed by atoms with Crippen molar-refractivity contribution in [3.05, 3.63) is 101 Å². The van der Waals surface area contributed by atoms with Gasteiger partial charge in [0.25, 0.3) is 0 Å². The molecule has 0 fully saturated rings. The van der Waals surface area contributed by atoms with Crippen molar-refractivity contribution in [2.45, 2.75) is 52.0 Å². The van der Waals surface area contributed by atoms with Gasteiger partial charge in [-0.15, -0.1) is 0 Å². The molecule has 0 amide bonds. The van der Waals surface area contributed by atoms with Crippen LogP contribution in [0.1, 0.15) is 59.5 Å². The molecular weight excluding hydrogens is 424 g/mol. The maximum atomic E-state index is 11.5. The van der Waals surface area contributed by atoms with Crippen LogP contribution in [0.5, 0.6) is 0 Å². The summed E-state index contributed by atoms with van der Waals surface area (Å²) in [6.07, 6.45) is 7.35. The first-order valence-corrected chi connectivity index (χ1v) is 11.9. The Morgan fingerprint density at radius 2 is 1.71 bits per heavy atom. The van der Waals surface area contributed by atoms with E-state index in [1.54, 1.807) is 12.1 Å². The van der Waals surface area contributed by atoms with Crippen LogP contribution in [0.25, 0.3) is 11.1 Å². The van der Waals surface area contributed by atoms with E-state index in [1.807, 2.05) is 30.3 Å². The molecule has 4 aromatic rings. The molecule has 6 nitrogen and oxygen atoms in total. The molecule has 0 atom stereocenters. The van der Waals surface area contributed by atoms with Gasteiger partial charge in [-0.1, -0.05) is 80.4 Å². The van der Waals surface area contributed by atoms with E-state index in [-0.39, 0.29) is 5.69 Å². The third kappa shape index (κ3) is 5.95. The smallest absolute Gasteiger partial charge is 0.355 e. The van der Waals surface area contributed by atoms with Crippen LogP contribution in [0, 0.1) is 0 Å². The van der Waals surface area contributed by atoms with E-state index < -0.39 is 5.97 Å². The first kappa shape index (κ1) is 23.4. The Morgan fingerprint density at radius 1 is 0.912 bits per heavy atom. The first-order chi connectivity index (χ1) is 16.6. The van der Waals surface area contributed by atoms with Crippen molar-refractivity contribution in [1.29, 1.82) is 0 Å². The van der Waals surface area contributed by atoms with Crippen LogP contribution in [0.15, 0.2) is 72.9 Å². The van der Waals surface area contributed by atoms with E-state index in [0.717, 1.165) is 48.6 Å². The number of carboxylic acid groups (broad SMARTS) is 1. The molecule has 0 aliphatic rings. The second kappa shape index (κ2) is 11.4. The van der Waals surface area contributed by atoms with E-state index in [2.05, 4.69) is 40.9 Å². The summed E-state index contributed by atoms with van der Waals surface area (Å²) in [5.74, 6) is 0.829. The van der Waals surface area contributed by atoms with Gasteiger partial charge in [-0.25, -0.2) is 19.4 Å². The molecule has 0 bridgehead atoms. The zero-order chi connectivity index (χ0) is 23.8. The fraction of sp³-hybridized carbons (Fsp3) is 0.286. The Kier molecular flexibility index (Phi) is 7.81. The minimum Gasteiger partial charge on any atom is -0.476 e. The quantitative estimate of drug-likeness (QED) is 0.298. The van der Waals surface area contributed by atoms with Gasteiger partial charge in [-0.3, -0.25) is 0 Å². The minimum atomic E-state index is -1.03. The molecule has 2 aromatic carbocycles. The summed E-state index contributed by atoms with van der Waals surface area (Å²) in [4.78, 5) is 20.4. The topological polar surface area (TPSA) is 80.9 Å². The number of pyridine rings is 1. The Labute approximate surface area is 200 Å². The number of aryl methyl sites for hydroxylation is 3. The van der Waals surface area contributed by atoms with Crippen molar-refractivity contribution >= 4 is 5.97 Å². The average Bonchev–Trinajstić information content (AvgIpc) is 3.25. The molecule has 6 heteroatoms. The Morgan fingerprint density at radius 3 is 2.44 bits per heavy atom. The molecule has 0 spiro atoms. The number of unbranched alkanes of at least 4 members (excludes halogenated alkanes) is 2. The summed E-state index contributed by atoms with van der Waals surface area (Å²) in [6, 6.07) is 21.9. The summed E-state index contributed by atoms with van der Waals surface area (Å²) in [7, 11) is 0. The highest BCUT2D eigenvalue weighted by Crippen LogP contribution is 2.23. The Bertz CT molecular complexity index is 1220. The number of carboxylic acids is 1. The van der Waals surface area contributed by atoms with Crippen molar-refractivity contribution in [3.63, 3.8) is 0 Å².